The van der Waals surface area contributed by atoms with Crippen LogP contribution in [0.15, 0.2) is 11.6 Å². The Morgan fingerprint density at radius 1 is 1.42 bits per heavy atom. The van der Waals surface area contributed by atoms with E-state index in [9.17, 15) is 4.79 Å². The minimum absolute atomic E-state index is 0.0312. The Morgan fingerprint density at radius 2 is 2.00 bits per heavy atom. The molecule has 6 nitrogen and oxygen atoms in total. The van der Waals surface area contributed by atoms with E-state index in [2.05, 4.69) is 20.9 Å². The van der Waals surface area contributed by atoms with Crippen molar-refractivity contribution < 1.29 is 9.53 Å². The molecule has 0 fully saturated rings. The van der Waals surface area contributed by atoms with Crippen molar-refractivity contribution in [3.63, 3.8) is 0 Å². The van der Waals surface area contributed by atoms with E-state index in [1.165, 1.54) is 14.2 Å². The number of methoxy groups -OCH3 is 1. The van der Waals surface area contributed by atoms with Crippen LogP contribution in [0.25, 0.3) is 0 Å². The quantitative estimate of drug-likeness (QED) is 0.230. The van der Waals surface area contributed by atoms with Crippen LogP contribution in [0.1, 0.15) is 0 Å². The number of hydrogen-bond acceptors (Lipinski definition) is 5. The van der Waals surface area contributed by atoms with Crippen LogP contribution < -0.4 is 21.9 Å². The molecule has 0 rings (SSSR count). The minimum Gasteiger partial charge on any atom is -0.481 e. The Morgan fingerprint density at radius 3 is 2.33 bits per heavy atom. The zero-order chi connectivity index (χ0) is 9.56. The monoisotopic (exact) mass is 174 g/mol. The lowest BCUT2D eigenvalue weighted by Gasteiger charge is -2.10. The predicted octanol–water partition coefficient (Wildman–Crippen LogP) is -1.77. The Kier molecular flexibility index (Phi) is 4.62. The number of carbonyl (C=O) groups excluding carboxylic acids is 1. The van der Waals surface area contributed by atoms with Crippen LogP contribution in [-0.4, -0.2) is 27.1 Å². The SMILES string of the molecule is CNN/C(C(=O)NC)=C(\N)OC. The fraction of sp³-hybridized carbons (Fsp3) is 0.500. The number of likely N-dealkylation sites (N-methyl/N-ethyl adjacent to an activating group) is 1. The van der Waals surface area contributed by atoms with Crippen molar-refractivity contribution in [2.24, 2.45) is 5.73 Å². The van der Waals surface area contributed by atoms with E-state index in [0.29, 0.717) is 0 Å². The van der Waals surface area contributed by atoms with Gasteiger partial charge in [0.25, 0.3) is 5.91 Å². The van der Waals surface area contributed by atoms with Crippen LogP contribution in [0.4, 0.5) is 0 Å². The van der Waals surface area contributed by atoms with E-state index in [0.717, 1.165) is 0 Å². The molecule has 0 aliphatic heterocycles. The molecule has 0 unspecified atom stereocenters. The third-order valence-electron chi connectivity index (χ3n) is 1.17. The van der Waals surface area contributed by atoms with Crippen molar-refractivity contribution >= 4 is 5.91 Å². The number of hydrogen-bond donors (Lipinski definition) is 4. The highest BCUT2D eigenvalue weighted by Gasteiger charge is 2.11. The summed E-state index contributed by atoms with van der Waals surface area (Å²) in [6, 6.07) is 0. The second-order valence-electron chi connectivity index (χ2n) is 1.90. The summed E-state index contributed by atoms with van der Waals surface area (Å²) < 4.78 is 4.68. The maximum absolute atomic E-state index is 11.1. The number of nitrogens with one attached hydrogen (secondary N) is 3. The van der Waals surface area contributed by atoms with Gasteiger partial charge in [-0.05, 0) is 0 Å². The number of nitrogens with two attached hydrogens (primary N) is 1. The molecule has 0 aromatic heterocycles. The molecule has 12 heavy (non-hydrogen) atoms. The van der Waals surface area contributed by atoms with Crippen molar-refractivity contribution in [1.82, 2.24) is 16.2 Å². The van der Waals surface area contributed by atoms with Crippen LogP contribution in [0.5, 0.6) is 0 Å². The van der Waals surface area contributed by atoms with E-state index < -0.39 is 0 Å². The predicted molar refractivity (Wildman–Crippen MR) is 44.5 cm³/mol. The van der Waals surface area contributed by atoms with Crippen LogP contribution in [0, 0.1) is 0 Å². The average Bonchev–Trinajstić information content (AvgIpc) is 2.11. The maximum Gasteiger partial charge on any atom is 0.274 e. The van der Waals surface area contributed by atoms with Gasteiger partial charge in [0, 0.05) is 14.1 Å². The summed E-state index contributed by atoms with van der Waals surface area (Å²) in [4.78, 5) is 11.1. The van der Waals surface area contributed by atoms with Crippen molar-refractivity contribution in [3.8, 4) is 0 Å². The fourth-order valence-corrected chi connectivity index (χ4v) is 0.582. The van der Waals surface area contributed by atoms with E-state index in [4.69, 9.17) is 5.73 Å². The van der Waals surface area contributed by atoms with Gasteiger partial charge in [0.15, 0.2) is 5.70 Å². The molecular formula is C6H14N4O2. The first kappa shape index (κ1) is 10.6. The largest absolute Gasteiger partial charge is 0.481 e. The Hall–Kier alpha value is -1.43. The standard InChI is InChI=1S/C6H14N4O2/c1-8-6(11)4(10-9-2)5(7)12-3/h9-10H,7H2,1-3H3,(H,8,11)/b5-4+. The molecule has 0 aromatic carbocycles. The fourth-order valence-electron chi connectivity index (χ4n) is 0.582. The number of amides is 1. The third kappa shape index (κ3) is 2.67. The van der Waals surface area contributed by atoms with Crippen LogP contribution in [0.2, 0.25) is 0 Å². The van der Waals surface area contributed by atoms with E-state index in [1.54, 1.807) is 7.05 Å². The van der Waals surface area contributed by atoms with Gasteiger partial charge in [0.1, 0.15) is 0 Å². The molecule has 0 aliphatic carbocycles. The average molecular weight is 174 g/mol. The topological polar surface area (TPSA) is 88.4 Å². The maximum atomic E-state index is 11.1. The second-order valence-corrected chi connectivity index (χ2v) is 1.90. The molecular weight excluding hydrogens is 160 g/mol. The lowest BCUT2D eigenvalue weighted by Crippen LogP contribution is -2.38. The molecule has 0 radical (unpaired) electrons. The Labute approximate surface area is 71.1 Å². The van der Waals surface area contributed by atoms with Crippen molar-refractivity contribution in [2.75, 3.05) is 21.2 Å². The first-order valence-electron chi connectivity index (χ1n) is 3.36. The van der Waals surface area contributed by atoms with Gasteiger partial charge >= 0.3 is 0 Å². The van der Waals surface area contributed by atoms with Crippen LogP contribution >= 0.6 is 0 Å². The summed E-state index contributed by atoms with van der Waals surface area (Å²) >= 11 is 0. The molecule has 0 aliphatic rings. The molecule has 0 spiro atoms. The number of ether oxygens (including phenoxy) is 1. The molecule has 0 aromatic rings. The minimum atomic E-state index is -0.344. The Bertz CT molecular complexity index is 190. The summed E-state index contributed by atoms with van der Waals surface area (Å²) in [6.07, 6.45) is 0. The first-order valence-corrected chi connectivity index (χ1v) is 3.36. The molecule has 0 saturated carbocycles. The van der Waals surface area contributed by atoms with E-state index in [-0.39, 0.29) is 17.5 Å². The van der Waals surface area contributed by atoms with Crippen molar-refractivity contribution in [1.29, 1.82) is 0 Å². The molecule has 0 atom stereocenters. The number of rotatable bonds is 4. The lowest BCUT2D eigenvalue weighted by atomic mass is 10.4. The van der Waals surface area contributed by atoms with E-state index >= 15 is 0 Å². The molecule has 0 heterocycles. The van der Waals surface area contributed by atoms with Gasteiger partial charge in [0.2, 0.25) is 5.88 Å². The van der Waals surface area contributed by atoms with Crippen molar-refractivity contribution in [2.45, 2.75) is 0 Å². The van der Waals surface area contributed by atoms with E-state index in [1.807, 2.05) is 0 Å². The normalized spacial score (nSPS) is 11.6. The molecule has 1 amide bonds. The summed E-state index contributed by atoms with van der Waals surface area (Å²) in [6.45, 7) is 0. The van der Waals surface area contributed by atoms with Gasteiger partial charge in [-0.15, -0.1) is 0 Å². The van der Waals surface area contributed by atoms with Crippen LogP contribution in [-0.2, 0) is 9.53 Å². The third-order valence-corrected chi connectivity index (χ3v) is 1.17. The summed E-state index contributed by atoms with van der Waals surface area (Å²) in [7, 11) is 4.50. The first-order chi connectivity index (χ1) is 5.67. The van der Waals surface area contributed by atoms with Gasteiger partial charge in [0.05, 0.1) is 7.11 Å². The smallest absolute Gasteiger partial charge is 0.274 e. The zero-order valence-corrected chi connectivity index (χ0v) is 7.39. The molecule has 5 N–H and O–H groups in total. The highest BCUT2D eigenvalue weighted by Crippen LogP contribution is 1.93. The van der Waals surface area contributed by atoms with Gasteiger partial charge in [-0.1, -0.05) is 0 Å². The Balaban J connectivity index is 4.52. The second kappa shape index (κ2) is 5.25. The van der Waals surface area contributed by atoms with Crippen LogP contribution in [0.3, 0.4) is 0 Å². The summed E-state index contributed by atoms with van der Waals surface area (Å²) in [5.41, 5.74) is 10.7. The molecule has 0 saturated heterocycles. The number of hydrazine groups is 1. The highest BCUT2D eigenvalue weighted by molar-refractivity contribution is 5.92. The zero-order valence-electron chi connectivity index (χ0n) is 7.39. The summed E-state index contributed by atoms with van der Waals surface area (Å²) in [5, 5.41) is 2.41. The highest BCUT2D eigenvalue weighted by atomic mass is 16.5. The van der Waals surface area contributed by atoms with Gasteiger partial charge < -0.3 is 21.2 Å². The number of carbonyl (C=O) groups is 1. The van der Waals surface area contributed by atoms with Gasteiger partial charge in [-0.25, -0.2) is 5.43 Å². The summed E-state index contributed by atoms with van der Waals surface area (Å²) in [5.74, 6) is -0.313. The van der Waals surface area contributed by atoms with Crippen molar-refractivity contribution in [3.05, 3.63) is 11.6 Å². The van der Waals surface area contributed by atoms with Gasteiger partial charge in [-0.3, -0.25) is 4.79 Å². The lowest BCUT2D eigenvalue weighted by molar-refractivity contribution is -0.117. The molecule has 70 valence electrons. The molecule has 0 bridgehead atoms. The molecule has 6 heteroatoms. The van der Waals surface area contributed by atoms with Gasteiger partial charge in [-0.2, -0.15) is 0 Å².